The molecule has 0 amide bonds. The zero-order valence-electron chi connectivity index (χ0n) is 13.1. The fourth-order valence-corrected chi connectivity index (χ4v) is 2.95. The number of nitrogens with zero attached hydrogens (tertiary/aromatic N) is 3. The van der Waals surface area contributed by atoms with E-state index in [1.54, 1.807) is 18.7 Å². The van der Waals surface area contributed by atoms with E-state index in [1.165, 1.54) is 5.56 Å². The molecule has 3 aromatic rings. The molecule has 2 aromatic heterocycles. The van der Waals surface area contributed by atoms with Gasteiger partial charge in [-0.25, -0.2) is 15.0 Å². The SMILES string of the molecule is Cc1nc2nc(SCc3ccccc3)nc(NCC(C)O)c2[nH]1. The number of benzene rings is 1. The lowest BCUT2D eigenvalue weighted by Gasteiger charge is -2.09. The molecule has 0 aliphatic carbocycles. The van der Waals surface area contributed by atoms with Crippen LogP contribution in [0.5, 0.6) is 0 Å². The minimum absolute atomic E-state index is 0.424. The Balaban J connectivity index is 1.85. The number of hydrogen-bond donors (Lipinski definition) is 3. The fourth-order valence-electron chi connectivity index (χ4n) is 2.15. The van der Waals surface area contributed by atoms with Crippen molar-refractivity contribution in [3.8, 4) is 0 Å². The average molecular weight is 329 g/mol. The van der Waals surface area contributed by atoms with Crippen molar-refractivity contribution in [2.75, 3.05) is 11.9 Å². The first-order valence-electron chi connectivity index (χ1n) is 7.45. The van der Waals surface area contributed by atoms with Crippen molar-refractivity contribution in [2.24, 2.45) is 0 Å². The molecule has 1 atom stereocenters. The zero-order valence-corrected chi connectivity index (χ0v) is 13.9. The Labute approximate surface area is 138 Å². The van der Waals surface area contributed by atoms with E-state index in [0.717, 1.165) is 17.1 Å². The Morgan fingerprint density at radius 1 is 1.22 bits per heavy atom. The van der Waals surface area contributed by atoms with Gasteiger partial charge in [0.15, 0.2) is 16.6 Å². The third-order valence-corrected chi connectivity index (χ3v) is 4.14. The van der Waals surface area contributed by atoms with E-state index in [-0.39, 0.29) is 0 Å². The van der Waals surface area contributed by atoms with E-state index >= 15 is 0 Å². The maximum absolute atomic E-state index is 9.48. The second kappa shape index (κ2) is 6.97. The lowest BCUT2D eigenvalue weighted by Crippen LogP contribution is -2.16. The summed E-state index contributed by atoms with van der Waals surface area (Å²) >= 11 is 1.57. The topological polar surface area (TPSA) is 86.7 Å². The number of hydrogen-bond acceptors (Lipinski definition) is 6. The summed E-state index contributed by atoms with van der Waals surface area (Å²) in [6.07, 6.45) is -0.454. The van der Waals surface area contributed by atoms with Crippen LogP contribution < -0.4 is 5.32 Å². The highest BCUT2D eigenvalue weighted by molar-refractivity contribution is 7.98. The Hall–Kier alpha value is -2.12. The first-order chi connectivity index (χ1) is 11.1. The molecule has 6 nitrogen and oxygen atoms in total. The van der Waals surface area contributed by atoms with Gasteiger partial charge in [0.05, 0.1) is 6.10 Å². The molecule has 1 unspecified atom stereocenters. The molecule has 0 fully saturated rings. The number of aromatic nitrogens is 4. The Morgan fingerprint density at radius 3 is 2.74 bits per heavy atom. The first kappa shape index (κ1) is 15.8. The third kappa shape index (κ3) is 4.00. The largest absolute Gasteiger partial charge is 0.392 e. The number of aromatic amines is 1. The molecule has 0 saturated carbocycles. The molecule has 1 aromatic carbocycles. The highest BCUT2D eigenvalue weighted by Gasteiger charge is 2.12. The molecule has 0 aliphatic heterocycles. The third-order valence-electron chi connectivity index (χ3n) is 3.22. The van der Waals surface area contributed by atoms with Crippen molar-refractivity contribution in [2.45, 2.75) is 30.9 Å². The lowest BCUT2D eigenvalue weighted by atomic mass is 10.2. The number of anilines is 1. The minimum atomic E-state index is -0.454. The maximum atomic E-state index is 9.48. The number of aliphatic hydroxyl groups is 1. The molecular formula is C16H19N5OS. The Kier molecular flexibility index (Phi) is 4.78. The number of nitrogens with one attached hydrogen (secondary N) is 2. The molecule has 3 rings (SSSR count). The molecule has 3 N–H and O–H groups in total. The fraction of sp³-hybridized carbons (Fsp3) is 0.312. The van der Waals surface area contributed by atoms with Gasteiger partial charge in [-0.1, -0.05) is 42.1 Å². The molecule has 0 radical (unpaired) electrons. The van der Waals surface area contributed by atoms with E-state index < -0.39 is 6.10 Å². The maximum Gasteiger partial charge on any atom is 0.192 e. The average Bonchev–Trinajstić information content (AvgIpc) is 2.92. The van der Waals surface area contributed by atoms with Gasteiger partial charge in [0.1, 0.15) is 11.3 Å². The van der Waals surface area contributed by atoms with Crippen molar-refractivity contribution >= 4 is 28.7 Å². The van der Waals surface area contributed by atoms with Crippen molar-refractivity contribution in [1.29, 1.82) is 0 Å². The molecule has 23 heavy (non-hydrogen) atoms. The number of aliphatic hydroxyl groups excluding tert-OH is 1. The normalized spacial score (nSPS) is 12.5. The van der Waals surface area contributed by atoms with Crippen LogP contribution in [0.4, 0.5) is 5.82 Å². The summed E-state index contributed by atoms with van der Waals surface area (Å²) in [6, 6.07) is 10.2. The predicted molar refractivity (Wildman–Crippen MR) is 92.6 cm³/mol. The van der Waals surface area contributed by atoms with Crippen LogP contribution in [-0.2, 0) is 5.75 Å². The van der Waals surface area contributed by atoms with Crippen molar-refractivity contribution in [3.05, 3.63) is 41.7 Å². The van der Waals surface area contributed by atoms with E-state index in [1.807, 2.05) is 25.1 Å². The van der Waals surface area contributed by atoms with Crippen molar-refractivity contribution in [1.82, 2.24) is 19.9 Å². The van der Waals surface area contributed by atoms with Gasteiger partial charge in [-0.05, 0) is 19.4 Å². The summed E-state index contributed by atoms with van der Waals surface area (Å²) in [5, 5.41) is 13.3. The van der Waals surface area contributed by atoms with E-state index in [2.05, 4.69) is 37.4 Å². The Bertz CT molecular complexity index is 788. The van der Waals surface area contributed by atoms with Gasteiger partial charge in [0.2, 0.25) is 0 Å². The van der Waals surface area contributed by atoms with Gasteiger partial charge >= 0.3 is 0 Å². The number of aryl methyl sites for hydroxylation is 1. The summed E-state index contributed by atoms with van der Waals surface area (Å²) in [7, 11) is 0. The van der Waals surface area contributed by atoms with E-state index in [0.29, 0.717) is 23.2 Å². The highest BCUT2D eigenvalue weighted by atomic mass is 32.2. The van der Waals surface area contributed by atoms with Gasteiger partial charge in [-0.15, -0.1) is 0 Å². The first-order valence-corrected chi connectivity index (χ1v) is 8.43. The van der Waals surface area contributed by atoms with Gasteiger partial charge < -0.3 is 15.4 Å². The molecule has 7 heteroatoms. The molecule has 0 saturated heterocycles. The molecule has 2 heterocycles. The van der Waals surface area contributed by atoms with Crippen molar-refractivity contribution in [3.63, 3.8) is 0 Å². The molecule has 120 valence electrons. The minimum Gasteiger partial charge on any atom is -0.392 e. The van der Waals surface area contributed by atoms with Crippen LogP contribution in [0.25, 0.3) is 11.2 Å². The van der Waals surface area contributed by atoms with Crippen LogP contribution in [0.1, 0.15) is 18.3 Å². The quantitative estimate of drug-likeness (QED) is 0.476. The molecule has 0 aliphatic rings. The monoisotopic (exact) mass is 329 g/mol. The molecular weight excluding hydrogens is 310 g/mol. The summed E-state index contributed by atoms with van der Waals surface area (Å²) < 4.78 is 0. The summed E-state index contributed by atoms with van der Waals surface area (Å²) in [5.74, 6) is 2.26. The van der Waals surface area contributed by atoms with Crippen LogP contribution in [0.3, 0.4) is 0 Å². The smallest absolute Gasteiger partial charge is 0.192 e. The summed E-state index contributed by atoms with van der Waals surface area (Å²) in [4.78, 5) is 16.6. The van der Waals surface area contributed by atoms with E-state index in [9.17, 15) is 5.11 Å². The second-order valence-corrected chi connectivity index (χ2v) is 6.32. The Morgan fingerprint density at radius 2 is 2.00 bits per heavy atom. The number of H-pyrrole nitrogens is 1. The van der Waals surface area contributed by atoms with Crippen LogP contribution in [-0.4, -0.2) is 37.7 Å². The zero-order chi connectivity index (χ0) is 16.2. The standard InChI is InChI=1S/C16H19N5OS/c1-10(22)8-17-14-13-15(19-11(2)18-13)21-16(20-14)23-9-12-6-4-3-5-7-12/h3-7,10,22H,8-9H2,1-2H3,(H2,17,18,19,20,21). The van der Waals surface area contributed by atoms with Crippen LogP contribution >= 0.6 is 11.8 Å². The highest BCUT2D eigenvalue weighted by Crippen LogP contribution is 2.25. The number of thioether (sulfide) groups is 1. The predicted octanol–water partition coefficient (Wildman–Crippen LogP) is 2.75. The van der Waals surface area contributed by atoms with E-state index in [4.69, 9.17) is 0 Å². The molecule has 0 spiro atoms. The van der Waals surface area contributed by atoms with Crippen LogP contribution in [0, 0.1) is 6.92 Å². The van der Waals surface area contributed by atoms with Gasteiger partial charge in [-0.3, -0.25) is 0 Å². The number of fused-ring (bicyclic) bond motifs is 1. The number of rotatable bonds is 6. The number of imidazole rings is 1. The van der Waals surface area contributed by atoms with Crippen LogP contribution in [0.2, 0.25) is 0 Å². The summed E-state index contributed by atoms with van der Waals surface area (Å²) in [6.45, 7) is 4.04. The molecule has 0 bridgehead atoms. The van der Waals surface area contributed by atoms with Crippen LogP contribution in [0.15, 0.2) is 35.5 Å². The summed E-state index contributed by atoms with van der Waals surface area (Å²) in [5.41, 5.74) is 2.63. The van der Waals surface area contributed by atoms with Crippen molar-refractivity contribution < 1.29 is 5.11 Å². The van der Waals surface area contributed by atoms with Gasteiger partial charge in [0.25, 0.3) is 0 Å². The second-order valence-electron chi connectivity index (χ2n) is 5.38. The van der Waals surface area contributed by atoms with Gasteiger partial charge in [-0.2, -0.15) is 0 Å². The lowest BCUT2D eigenvalue weighted by molar-refractivity contribution is 0.208. The van der Waals surface area contributed by atoms with Gasteiger partial charge in [0, 0.05) is 12.3 Å².